The topological polar surface area (TPSA) is 73.1 Å². The van der Waals surface area contributed by atoms with E-state index in [2.05, 4.69) is 30.3 Å². The number of aromatic nitrogens is 2. The highest BCUT2D eigenvalue weighted by molar-refractivity contribution is 7.92. The molecule has 6 heteroatoms. The molecule has 0 amide bonds. The van der Waals surface area contributed by atoms with Crippen molar-refractivity contribution in [3.05, 3.63) is 146 Å². The van der Waals surface area contributed by atoms with Crippen molar-refractivity contribution in [1.29, 1.82) is 0 Å². The van der Waals surface area contributed by atoms with E-state index in [-0.39, 0.29) is 0 Å². The van der Waals surface area contributed by atoms with Gasteiger partial charge in [0.15, 0.2) is 5.82 Å². The Balaban J connectivity index is 1.23. The lowest BCUT2D eigenvalue weighted by Gasteiger charge is -2.10. The Bertz CT molecular complexity index is 2530. The van der Waals surface area contributed by atoms with E-state index >= 15 is 0 Å². The standard InChI is InChI=1S/C40H24N2O3S/c43-46(44)37-17-8-7-14-29(37)30-20-18-28(23-38(30)46)27-19-21-35-32(22-27)39-31(15-9-16-36(39)45-35)40-41-33(25-10-3-1-4-11-25)24-34(42-40)26-12-5-2-6-13-26/h1-24H. The minimum atomic E-state index is -3.59. The summed E-state index contributed by atoms with van der Waals surface area (Å²) in [6, 6.07) is 47.0. The van der Waals surface area contributed by atoms with Crippen LogP contribution in [-0.4, -0.2) is 18.4 Å². The maximum atomic E-state index is 13.4. The Morgan fingerprint density at radius 3 is 1.80 bits per heavy atom. The van der Waals surface area contributed by atoms with E-state index in [0.717, 1.165) is 72.3 Å². The van der Waals surface area contributed by atoms with E-state index < -0.39 is 9.84 Å². The molecule has 46 heavy (non-hydrogen) atoms. The minimum absolute atomic E-state index is 0.337. The van der Waals surface area contributed by atoms with Gasteiger partial charge in [-0.2, -0.15) is 0 Å². The Morgan fingerprint density at radius 2 is 1.07 bits per heavy atom. The molecule has 3 heterocycles. The summed E-state index contributed by atoms with van der Waals surface area (Å²) in [5.74, 6) is 0.597. The van der Waals surface area contributed by atoms with Crippen LogP contribution in [0.4, 0.5) is 0 Å². The molecule has 0 atom stereocenters. The number of furan rings is 1. The van der Waals surface area contributed by atoms with E-state index in [4.69, 9.17) is 14.4 Å². The van der Waals surface area contributed by atoms with Crippen molar-refractivity contribution in [2.24, 2.45) is 0 Å². The van der Waals surface area contributed by atoms with Gasteiger partial charge in [-0.1, -0.05) is 109 Å². The third-order valence-electron chi connectivity index (χ3n) is 8.67. The number of sulfone groups is 1. The number of benzene rings is 6. The number of fused-ring (bicyclic) bond motifs is 6. The predicted molar refractivity (Wildman–Crippen MR) is 182 cm³/mol. The van der Waals surface area contributed by atoms with Crippen LogP contribution in [0.5, 0.6) is 0 Å². The van der Waals surface area contributed by atoms with Crippen LogP contribution >= 0.6 is 0 Å². The molecule has 5 nitrogen and oxygen atoms in total. The zero-order valence-corrected chi connectivity index (χ0v) is 25.2. The zero-order chi connectivity index (χ0) is 30.8. The van der Waals surface area contributed by atoms with E-state index in [1.165, 1.54) is 0 Å². The van der Waals surface area contributed by atoms with E-state index in [1.54, 1.807) is 18.2 Å². The number of hydrogen-bond acceptors (Lipinski definition) is 5. The van der Waals surface area contributed by atoms with Crippen molar-refractivity contribution in [2.75, 3.05) is 0 Å². The number of hydrogen-bond donors (Lipinski definition) is 0. The third kappa shape index (κ3) is 4.11. The van der Waals surface area contributed by atoms with Gasteiger partial charge in [-0.05, 0) is 47.5 Å². The molecule has 0 unspecified atom stereocenters. The summed E-state index contributed by atoms with van der Waals surface area (Å²) in [7, 11) is -3.59. The fourth-order valence-electron chi connectivity index (χ4n) is 6.46. The molecule has 0 fully saturated rings. The monoisotopic (exact) mass is 612 g/mol. The summed E-state index contributed by atoms with van der Waals surface area (Å²) < 4.78 is 33.2. The molecule has 0 aliphatic carbocycles. The van der Waals surface area contributed by atoms with Gasteiger partial charge >= 0.3 is 0 Å². The van der Waals surface area contributed by atoms with Crippen LogP contribution in [0.2, 0.25) is 0 Å². The summed E-state index contributed by atoms with van der Waals surface area (Å²) in [6.45, 7) is 0. The molecule has 0 spiro atoms. The summed E-state index contributed by atoms with van der Waals surface area (Å²) in [5, 5.41) is 1.81. The van der Waals surface area contributed by atoms with Gasteiger partial charge in [-0.15, -0.1) is 0 Å². The van der Waals surface area contributed by atoms with Gasteiger partial charge in [0.25, 0.3) is 0 Å². The van der Waals surface area contributed by atoms with Gasteiger partial charge in [0.1, 0.15) is 11.2 Å². The smallest absolute Gasteiger partial charge is 0.207 e. The lowest BCUT2D eigenvalue weighted by molar-refractivity contribution is 0.598. The average Bonchev–Trinajstić information content (AvgIpc) is 3.60. The normalized spacial score (nSPS) is 13.1. The molecule has 6 aromatic carbocycles. The molecule has 0 saturated heterocycles. The van der Waals surface area contributed by atoms with Crippen molar-refractivity contribution in [3.63, 3.8) is 0 Å². The van der Waals surface area contributed by atoms with Crippen LogP contribution in [-0.2, 0) is 9.84 Å². The molecule has 1 aliphatic heterocycles. The molecular weight excluding hydrogens is 589 g/mol. The van der Waals surface area contributed by atoms with Crippen LogP contribution < -0.4 is 0 Å². The first-order valence-electron chi connectivity index (χ1n) is 15.0. The van der Waals surface area contributed by atoms with Crippen molar-refractivity contribution in [2.45, 2.75) is 9.79 Å². The summed E-state index contributed by atoms with van der Waals surface area (Å²) in [4.78, 5) is 10.8. The predicted octanol–water partition coefficient (Wildman–Crippen LogP) is 9.86. The van der Waals surface area contributed by atoms with Gasteiger partial charge in [-0.3, -0.25) is 0 Å². The molecule has 0 N–H and O–H groups in total. The average molecular weight is 613 g/mol. The van der Waals surface area contributed by atoms with Gasteiger partial charge < -0.3 is 4.42 Å². The molecule has 218 valence electrons. The van der Waals surface area contributed by atoms with Gasteiger partial charge in [-0.25, -0.2) is 18.4 Å². The Labute approximate surface area is 265 Å². The second kappa shape index (κ2) is 10.1. The molecule has 1 aliphatic rings. The minimum Gasteiger partial charge on any atom is -0.456 e. The van der Waals surface area contributed by atoms with Crippen LogP contribution in [0, 0.1) is 0 Å². The Hall–Kier alpha value is -5.85. The maximum absolute atomic E-state index is 13.4. The highest BCUT2D eigenvalue weighted by Gasteiger charge is 2.32. The molecule has 0 saturated carbocycles. The first-order valence-corrected chi connectivity index (χ1v) is 16.5. The maximum Gasteiger partial charge on any atom is 0.207 e. The Morgan fingerprint density at radius 1 is 0.457 bits per heavy atom. The highest BCUT2D eigenvalue weighted by atomic mass is 32.2. The fraction of sp³-hybridized carbons (Fsp3) is 0. The van der Waals surface area contributed by atoms with Crippen molar-refractivity contribution >= 4 is 31.8 Å². The lowest BCUT2D eigenvalue weighted by Crippen LogP contribution is -1.96. The lowest BCUT2D eigenvalue weighted by atomic mass is 9.98. The van der Waals surface area contributed by atoms with Gasteiger partial charge in [0.2, 0.25) is 9.84 Å². The van der Waals surface area contributed by atoms with E-state index in [1.807, 2.05) is 97.1 Å². The quantitative estimate of drug-likeness (QED) is 0.198. The van der Waals surface area contributed by atoms with Crippen LogP contribution in [0.25, 0.3) is 78.1 Å². The van der Waals surface area contributed by atoms with Crippen molar-refractivity contribution < 1.29 is 12.8 Å². The molecule has 2 aromatic heterocycles. The van der Waals surface area contributed by atoms with Gasteiger partial charge in [0.05, 0.1) is 21.2 Å². The van der Waals surface area contributed by atoms with E-state index in [9.17, 15) is 8.42 Å². The highest BCUT2D eigenvalue weighted by Crippen LogP contribution is 2.45. The van der Waals surface area contributed by atoms with Crippen molar-refractivity contribution in [3.8, 4) is 56.2 Å². The van der Waals surface area contributed by atoms with Crippen LogP contribution in [0.1, 0.15) is 0 Å². The summed E-state index contributed by atoms with van der Waals surface area (Å²) >= 11 is 0. The SMILES string of the molecule is O=S1(=O)c2ccccc2-c2ccc(-c3ccc4oc5cccc(-c6nc(-c7ccccc7)cc(-c7ccccc7)n6)c5c4c3)cc21. The summed E-state index contributed by atoms with van der Waals surface area (Å²) in [6.07, 6.45) is 0. The second-order valence-corrected chi connectivity index (χ2v) is 13.3. The third-order valence-corrected chi connectivity index (χ3v) is 10.5. The fourth-order valence-corrected chi connectivity index (χ4v) is 8.17. The van der Waals surface area contributed by atoms with Crippen LogP contribution in [0.15, 0.2) is 160 Å². The number of nitrogens with zero attached hydrogens (tertiary/aromatic N) is 2. The molecular formula is C40H24N2O3S. The first-order chi connectivity index (χ1) is 22.5. The Kier molecular flexibility index (Phi) is 5.82. The molecule has 0 bridgehead atoms. The second-order valence-electron chi connectivity index (χ2n) is 11.4. The number of rotatable bonds is 4. The van der Waals surface area contributed by atoms with E-state index in [0.29, 0.717) is 15.6 Å². The molecule has 9 rings (SSSR count). The van der Waals surface area contributed by atoms with Gasteiger partial charge in [0, 0.05) is 38.6 Å². The molecule has 8 aromatic rings. The summed E-state index contributed by atoms with van der Waals surface area (Å²) in [5.41, 5.74) is 9.17. The van der Waals surface area contributed by atoms with Crippen LogP contribution in [0.3, 0.4) is 0 Å². The van der Waals surface area contributed by atoms with Crippen molar-refractivity contribution in [1.82, 2.24) is 9.97 Å². The largest absolute Gasteiger partial charge is 0.456 e. The molecule has 0 radical (unpaired) electrons. The first kappa shape index (κ1) is 26.5. The zero-order valence-electron chi connectivity index (χ0n) is 24.4.